The summed E-state index contributed by atoms with van der Waals surface area (Å²) in [5.74, 6) is 2.22. The van der Waals surface area contributed by atoms with E-state index in [2.05, 4.69) is 20.4 Å². The van der Waals surface area contributed by atoms with E-state index in [9.17, 15) is 8.42 Å². The summed E-state index contributed by atoms with van der Waals surface area (Å²) >= 11 is 0. The molecule has 0 spiro atoms. The second kappa shape index (κ2) is 9.73. The normalized spacial score (nSPS) is 15.4. The molecule has 1 aliphatic rings. The van der Waals surface area contributed by atoms with Crippen LogP contribution in [-0.4, -0.2) is 85.3 Å². The molecule has 0 aliphatic carbocycles. The highest BCUT2D eigenvalue weighted by molar-refractivity contribution is 7.89. The maximum absolute atomic E-state index is 13.2. The molecule has 176 valence electrons. The molecule has 12 heteroatoms. The molecule has 0 atom stereocenters. The Morgan fingerprint density at radius 1 is 0.879 bits per heavy atom. The second-order valence-corrected chi connectivity index (χ2v) is 9.31. The van der Waals surface area contributed by atoms with Crippen LogP contribution in [0.2, 0.25) is 0 Å². The monoisotopic (exact) mass is 474 g/mol. The molecule has 11 nitrogen and oxygen atoms in total. The topological polar surface area (TPSA) is 112 Å². The van der Waals surface area contributed by atoms with E-state index in [-0.39, 0.29) is 10.6 Å². The highest BCUT2D eigenvalue weighted by atomic mass is 32.2. The Bertz CT molecular complexity index is 1190. The van der Waals surface area contributed by atoms with Gasteiger partial charge in [0.05, 0.1) is 33.6 Å². The van der Waals surface area contributed by atoms with E-state index in [0.29, 0.717) is 44.3 Å². The number of ether oxygens (including phenoxy) is 3. The molecule has 1 aliphatic heterocycles. The van der Waals surface area contributed by atoms with Gasteiger partial charge in [-0.3, -0.25) is 4.90 Å². The summed E-state index contributed by atoms with van der Waals surface area (Å²) < 4.78 is 45.2. The van der Waals surface area contributed by atoms with Gasteiger partial charge in [0.1, 0.15) is 22.1 Å². The van der Waals surface area contributed by atoms with Crippen LogP contribution in [0.5, 0.6) is 17.2 Å². The fourth-order valence-corrected chi connectivity index (χ4v) is 5.24. The fraction of sp³-hybridized carbons (Fsp3) is 0.381. The molecule has 1 aromatic heterocycles. The van der Waals surface area contributed by atoms with E-state index in [4.69, 9.17) is 14.2 Å². The number of hydrogen-bond acceptors (Lipinski definition) is 9. The Hall–Kier alpha value is -3.22. The number of tetrazole rings is 1. The van der Waals surface area contributed by atoms with Gasteiger partial charge in [0.2, 0.25) is 10.0 Å². The SMILES string of the molecule is COc1ccc(-n2nnnc2CN2CCN(S(=O)(=O)c3ccc(OC)cc3OC)CC2)cc1. The standard InChI is InChI=1S/C21H26N6O5S/c1-30-17-6-4-16(5-7-17)27-21(22-23-24-27)15-25-10-12-26(13-11-25)33(28,29)20-9-8-18(31-2)14-19(20)32-3/h4-9,14H,10-13,15H2,1-3H3. The van der Waals surface area contributed by atoms with Crippen molar-refractivity contribution in [3.63, 3.8) is 0 Å². The van der Waals surface area contributed by atoms with E-state index >= 15 is 0 Å². The van der Waals surface area contributed by atoms with Crippen molar-refractivity contribution in [2.75, 3.05) is 47.5 Å². The first-order chi connectivity index (χ1) is 16.0. The Labute approximate surface area is 192 Å². The number of hydrogen-bond donors (Lipinski definition) is 0. The maximum atomic E-state index is 13.2. The first-order valence-electron chi connectivity index (χ1n) is 10.3. The number of aromatic nitrogens is 4. The van der Waals surface area contributed by atoms with Crippen molar-refractivity contribution in [3.8, 4) is 22.9 Å². The number of rotatable bonds is 8. The van der Waals surface area contributed by atoms with E-state index in [1.54, 1.807) is 23.9 Å². The molecule has 3 aromatic rings. The third-order valence-corrected chi connectivity index (χ3v) is 7.47. The third kappa shape index (κ3) is 4.77. The third-order valence-electron chi connectivity index (χ3n) is 5.54. The zero-order valence-corrected chi connectivity index (χ0v) is 19.5. The summed E-state index contributed by atoms with van der Waals surface area (Å²) in [6.07, 6.45) is 0. The number of benzene rings is 2. The van der Waals surface area contributed by atoms with Gasteiger partial charge in [-0.05, 0) is 46.8 Å². The molecule has 1 saturated heterocycles. The van der Waals surface area contributed by atoms with Crippen LogP contribution in [-0.2, 0) is 16.6 Å². The predicted molar refractivity (Wildman–Crippen MR) is 119 cm³/mol. The summed E-state index contributed by atoms with van der Waals surface area (Å²) in [7, 11) is 0.873. The van der Waals surface area contributed by atoms with Crippen molar-refractivity contribution < 1.29 is 22.6 Å². The van der Waals surface area contributed by atoms with Crippen molar-refractivity contribution in [3.05, 3.63) is 48.3 Å². The number of piperazine rings is 1. The minimum atomic E-state index is -3.70. The Morgan fingerprint density at radius 2 is 1.55 bits per heavy atom. The summed E-state index contributed by atoms with van der Waals surface area (Å²) in [6.45, 7) is 2.29. The van der Waals surface area contributed by atoms with Crippen molar-refractivity contribution in [2.24, 2.45) is 0 Å². The fourth-order valence-electron chi connectivity index (χ4n) is 3.68. The molecule has 0 amide bonds. The molecule has 0 bridgehead atoms. The maximum Gasteiger partial charge on any atom is 0.246 e. The van der Waals surface area contributed by atoms with Gasteiger partial charge in [-0.25, -0.2) is 8.42 Å². The van der Waals surface area contributed by atoms with E-state index in [0.717, 1.165) is 11.4 Å². The number of nitrogens with zero attached hydrogens (tertiary/aromatic N) is 6. The summed E-state index contributed by atoms with van der Waals surface area (Å²) in [4.78, 5) is 2.26. The molecule has 2 heterocycles. The van der Waals surface area contributed by atoms with Gasteiger partial charge < -0.3 is 14.2 Å². The lowest BCUT2D eigenvalue weighted by Crippen LogP contribution is -2.48. The van der Waals surface area contributed by atoms with Gasteiger partial charge in [-0.15, -0.1) is 5.10 Å². The van der Waals surface area contributed by atoms with Crippen LogP contribution in [0.3, 0.4) is 0 Å². The minimum Gasteiger partial charge on any atom is -0.497 e. The quantitative estimate of drug-likeness (QED) is 0.475. The second-order valence-electron chi connectivity index (χ2n) is 7.40. The summed E-state index contributed by atoms with van der Waals surface area (Å²) in [5, 5.41) is 12.1. The largest absolute Gasteiger partial charge is 0.497 e. The lowest BCUT2D eigenvalue weighted by molar-refractivity contribution is 0.177. The van der Waals surface area contributed by atoms with Crippen LogP contribution in [0.25, 0.3) is 5.69 Å². The Morgan fingerprint density at radius 3 is 2.18 bits per heavy atom. The molecule has 0 saturated carbocycles. The number of sulfonamides is 1. The molecule has 0 unspecified atom stereocenters. The predicted octanol–water partition coefficient (Wildman–Crippen LogP) is 1.19. The first-order valence-corrected chi connectivity index (χ1v) is 11.8. The number of methoxy groups -OCH3 is 3. The van der Waals surface area contributed by atoms with Crippen LogP contribution in [0, 0.1) is 0 Å². The molecule has 2 aromatic carbocycles. The first kappa shape index (κ1) is 23.0. The smallest absolute Gasteiger partial charge is 0.246 e. The molecule has 1 fully saturated rings. The van der Waals surface area contributed by atoms with E-state index < -0.39 is 10.0 Å². The summed E-state index contributed by atoms with van der Waals surface area (Å²) in [5.41, 5.74) is 0.823. The average molecular weight is 475 g/mol. The molecular formula is C21H26N6O5S. The molecule has 33 heavy (non-hydrogen) atoms. The van der Waals surface area contributed by atoms with E-state index in [1.807, 2.05) is 24.3 Å². The highest BCUT2D eigenvalue weighted by Gasteiger charge is 2.31. The van der Waals surface area contributed by atoms with Gasteiger partial charge in [-0.2, -0.15) is 8.99 Å². The van der Waals surface area contributed by atoms with Gasteiger partial charge in [0, 0.05) is 32.2 Å². The Balaban J connectivity index is 1.43. The lowest BCUT2D eigenvalue weighted by atomic mass is 10.3. The van der Waals surface area contributed by atoms with Crippen LogP contribution in [0.1, 0.15) is 5.82 Å². The van der Waals surface area contributed by atoms with Gasteiger partial charge in [0.15, 0.2) is 5.82 Å². The van der Waals surface area contributed by atoms with Crippen LogP contribution < -0.4 is 14.2 Å². The molecule has 0 N–H and O–H groups in total. The van der Waals surface area contributed by atoms with Crippen LogP contribution in [0.4, 0.5) is 0 Å². The van der Waals surface area contributed by atoms with Crippen molar-refractivity contribution in [1.82, 2.24) is 29.4 Å². The highest BCUT2D eigenvalue weighted by Crippen LogP contribution is 2.31. The zero-order valence-electron chi connectivity index (χ0n) is 18.7. The van der Waals surface area contributed by atoms with Gasteiger partial charge in [-0.1, -0.05) is 0 Å². The lowest BCUT2D eigenvalue weighted by Gasteiger charge is -2.33. The minimum absolute atomic E-state index is 0.127. The van der Waals surface area contributed by atoms with Crippen LogP contribution in [0.15, 0.2) is 47.4 Å². The van der Waals surface area contributed by atoms with Crippen LogP contribution >= 0.6 is 0 Å². The zero-order chi connectivity index (χ0) is 23.4. The van der Waals surface area contributed by atoms with E-state index in [1.165, 1.54) is 24.6 Å². The Kier molecular flexibility index (Phi) is 6.77. The molecule has 0 radical (unpaired) electrons. The summed E-state index contributed by atoms with van der Waals surface area (Å²) in [6, 6.07) is 12.2. The van der Waals surface area contributed by atoms with Gasteiger partial charge >= 0.3 is 0 Å². The molecule has 4 rings (SSSR count). The molecular weight excluding hydrogens is 448 g/mol. The van der Waals surface area contributed by atoms with Crippen molar-refractivity contribution in [1.29, 1.82) is 0 Å². The van der Waals surface area contributed by atoms with Crippen molar-refractivity contribution in [2.45, 2.75) is 11.4 Å². The average Bonchev–Trinajstić information content (AvgIpc) is 3.32. The van der Waals surface area contributed by atoms with Crippen molar-refractivity contribution >= 4 is 10.0 Å². The van der Waals surface area contributed by atoms with Gasteiger partial charge in [0.25, 0.3) is 0 Å².